The van der Waals surface area contributed by atoms with Gasteiger partial charge in [-0.3, -0.25) is 4.79 Å². The van der Waals surface area contributed by atoms with Gasteiger partial charge in [0.2, 0.25) is 5.91 Å². The summed E-state index contributed by atoms with van der Waals surface area (Å²) in [6.45, 7) is 2.85. The summed E-state index contributed by atoms with van der Waals surface area (Å²) in [4.78, 5) is 14.6. The van der Waals surface area contributed by atoms with Crippen LogP contribution < -0.4 is 5.32 Å². The number of hydrogen-bond donors (Lipinski definition) is 1. The predicted molar refractivity (Wildman–Crippen MR) is 71.4 cm³/mol. The summed E-state index contributed by atoms with van der Waals surface area (Å²) in [5, 5.41) is 3.09. The Morgan fingerprint density at radius 2 is 1.89 bits per heavy atom. The van der Waals surface area contributed by atoms with Gasteiger partial charge in [-0.15, -0.1) is 0 Å². The number of hydrogen-bond acceptors (Lipinski definition) is 2. The highest BCUT2D eigenvalue weighted by molar-refractivity contribution is 5.86. The molecule has 1 atom stereocenters. The molecular weight excluding hydrogens is 224 g/mol. The monoisotopic (exact) mass is 244 g/mol. The number of amides is 1. The first-order valence-electron chi connectivity index (χ1n) is 6.74. The normalized spacial score (nSPS) is 27.4. The second-order valence-corrected chi connectivity index (χ2v) is 5.63. The Kier molecular flexibility index (Phi) is 2.86. The molecule has 1 aromatic carbocycles. The summed E-state index contributed by atoms with van der Waals surface area (Å²) in [6, 6.07) is 10.5. The van der Waals surface area contributed by atoms with Crippen LogP contribution in [0.15, 0.2) is 30.3 Å². The minimum absolute atomic E-state index is 0.159. The molecule has 0 aliphatic carbocycles. The number of carbonyl (C=O) groups is 1. The second-order valence-electron chi connectivity index (χ2n) is 5.63. The van der Waals surface area contributed by atoms with Gasteiger partial charge in [-0.25, -0.2) is 0 Å². The molecule has 3 rings (SSSR count). The maximum Gasteiger partial charge on any atom is 0.227 e. The van der Waals surface area contributed by atoms with Gasteiger partial charge >= 0.3 is 0 Å². The lowest BCUT2D eigenvalue weighted by Crippen LogP contribution is -2.44. The highest BCUT2D eigenvalue weighted by atomic mass is 16.2. The number of piperidine rings is 1. The third kappa shape index (κ3) is 1.74. The van der Waals surface area contributed by atoms with Crippen LogP contribution >= 0.6 is 0 Å². The van der Waals surface area contributed by atoms with E-state index in [2.05, 4.69) is 41.5 Å². The van der Waals surface area contributed by atoms with Gasteiger partial charge in [0.1, 0.15) is 0 Å². The molecule has 1 unspecified atom stereocenters. The number of benzene rings is 1. The third-order valence-electron chi connectivity index (χ3n) is 4.67. The van der Waals surface area contributed by atoms with Crippen molar-refractivity contribution < 1.29 is 4.79 Å². The van der Waals surface area contributed by atoms with Crippen molar-refractivity contribution in [3.8, 4) is 0 Å². The summed E-state index contributed by atoms with van der Waals surface area (Å²) < 4.78 is 0. The molecule has 1 amide bonds. The number of rotatable bonds is 1. The first-order valence-corrected chi connectivity index (χ1v) is 6.74. The van der Waals surface area contributed by atoms with Gasteiger partial charge in [-0.2, -0.15) is 0 Å². The van der Waals surface area contributed by atoms with Gasteiger partial charge in [0.05, 0.1) is 5.41 Å². The van der Waals surface area contributed by atoms with Crippen LogP contribution in [0.1, 0.15) is 24.3 Å². The molecule has 3 nitrogen and oxygen atoms in total. The SMILES string of the molecule is CN1CCC2(CC1)C(=O)NCC2c1ccccc1. The zero-order valence-corrected chi connectivity index (χ0v) is 10.9. The molecule has 1 aromatic rings. The van der Waals surface area contributed by atoms with Gasteiger partial charge < -0.3 is 10.2 Å². The summed E-state index contributed by atoms with van der Waals surface area (Å²) in [5.74, 6) is 0.615. The molecule has 0 radical (unpaired) electrons. The average molecular weight is 244 g/mol. The molecule has 2 fully saturated rings. The maximum atomic E-state index is 12.3. The second kappa shape index (κ2) is 4.39. The number of nitrogens with one attached hydrogen (secondary N) is 1. The Morgan fingerprint density at radius 1 is 1.22 bits per heavy atom. The Bertz CT molecular complexity index is 435. The summed E-state index contributed by atoms with van der Waals surface area (Å²) >= 11 is 0. The van der Waals surface area contributed by atoms with E-state index < -0.39 is 0 Å². The van der Waals surface area contributed by atoms with Crippen molar-refractivity contribution in [1.29, 1.82) is 0 Å². The van der Waals surface area contributed by atoms with Crippen LogP contribution in [-0.2, 0) is 4.79 Å². The molecule has 2 aliphatic heterocycles. The quantitative estimate of drug-likeness (QED) is 0.814. The minimum Gasteiger partial charge on any atom is -0.355 e. The van der Waals surface area contributed by atoms with E-state index in [-0.39, 0.29) is 11.3 Å². The van der Waals surface area contributed by atoms with Crippen molar-refractivity contribution in [2.24, 2.45) is 5.41 Å². The summed E-state index contributed by atoms with van der Waals surface area (Å²) in [7, 11) is 2.14. The van der Waals surface area contributed by atoms with Gasteiger partial charge in [-0.1, -0.05) is 30.3 Å². The molecule has 0 saturated carbocycles. The van der Waals surface area contributed by atoms with Crippen molar-refractivity contribution in [3.63, 3.8) is 0 Å². The minimum atomic E-state index is -0.159. The maximum absolute atomic E-state index is 12.3. The molecule has 96 valence electrons. The molecule has 2 aliphatic rings. The lowest BCUT2D eigenvalue weighted by Gasteiger charge is -2.39. The van der Waals surface area contributed by atoms with Crippen LogP contribution in [0.4, 0.5) is 0 Å². The number of nitrogens with zero attached hydrogens (tertiary/aromatic N) is 1. The first-order chi connectivity index (χ1) is 8.72. The molecule has 2 saturated heterocycles. The smallest absolute Gasteiger partial charge is 0.227 e. The van der Waals surface area contributed by atoms with Crippen LogP contribution in [0, 0.1) is 5.41 Å². The number of likely N-dealkylation sites (tertiary alicyclic amines) is 1. The first kappa shape index (κ1) is 11.7. The highest BCUT2D eigenvalue weighted by Gasteiger charge is 2.51. The van der Waals surface area contributed by atoms with Gasteiger partial charge in [0, 0.05) is 12.5 Å². The zero-order chi connectivity index (χ0) is 12.6. The van der Waals surface area contributed by atoms with E-state index >= 15 is 0 Å². The average Bonchev–Trinajstić information content (AvgIpc) is 2.72. The molecule has 1 spiro atoms. The Morgan fingerprint density at radius 3 is 2.56 bits per heavy atom. The van der Waals surface area contributed by atoms with E-state index in [9.17, 15) is 4.79 Å². The van der Waals surface area contributed by atoms with Crippen LogP contribution in [0.25, 0.3) is 0 Å². The third-order valence-corrected chi connectivity index (χ3v) is 4.67. The lowest BCUT2D eigenvalue weighted by molar-refractivity contribution is -0.130. The fourth-order valence-corrected chi connectivity index (χ4v) is 3.44. The Balaban J connectivity index is 1.93. The summed E-state index contributed by atoms with van der Waals surface area (Å²) in [5.41, 5.74) is 1.15. The Labute approximate surface area is 108 Å². The molecule has 18 heavy (non-hydrogen) atoms. The molecule has 1 N–H and O–H groups in total. The van der Waals surface area contributed by atoms with Crippen LogP contribution in [0.2, 0.25) is 0 Å². The van der Waals surface area contributed by atoms with Crippen molar-refractivity contribution in [2.75, 3.05) is 26.7 Å². The Hall–Kier alpha value is -1.35. The van der Waals surface area contributed by atoms with Crippen molar-refractivity contribution in [3.05, 3.63) is 35.9 Å². The van der Waals surface area contributed by atoms with E-state index in [1.54, 1.807) is 0 Å². The lowest BCUT2D eigenvalue weighted by atomic mass is 9.68. The predicted octanol–water partition coefficient (Wildman–Crippen LogP) is 1.61. The van der Waals surface area contributed by atoms with Gasteiger partial charge in [-0.05, 0) is 38.5 Å². The van der Waals surface area contributed by atoms with Crippen LogP contribution in [-0.4, -0.2) is 37.5 Å². The van der Waals surface area contributed by atoms with E-state index in [0.717, 1.165) is 32.5 Å². The zero-order valence-electron chi connectivity index (χ0n) is 10.9. The van der Waals surface area contributed by atoms with E-state index in [1.807, 2.05) is 6.07 Å². The molecule has 0 aromatic heterocycles. The van der Waals surface area contributed by atoms with Crippen molar-refractivity contribution in [2.45, 2.75) is 18.8 Å². The number of carbonyl (C=O) groups excluding carboxylic acids is 1. The molecule has 3 heteroatoms. The van der Waals surface area contributed by atoms with Gasteiger partial charge in [0.15, 0.2) is 0 Å². The largest absolute Gasteiger partial charge is 0.355 e. The van der Waals surface area contributed by atoms with Gasteiger partial charge in [0.25, 0.3) is 0 Å². The highest BCUT2D eigenvalue weighted by Crippen LogP contribution is 2.47. The van der Waals surface area contributed by atoms with Crippen molar-refractivity contribution in [1.82, 2.24) is 10.2 Å². The fraction of sp³-hybridized carbons (Fsp3) is 0.533. The van der Waals surface area contributed by atoms with E-state index in [4.69, 9.17) is 0 Å². The molecule has 2 heterocycles. The molecular formula is C15H20N2O. The molecule has 0 bridgehead atoms. The fourth-order valence-electron chi connectivity index (χ4n) is 3.44. The van der Waals surface area contributed by atoms with Crippen molar-refractivity contribution >= 4 is 5.91 Å². The van der Waals surface area contributed by atoms with Crippen LogP contribution in [0.5, 0.6) is 0 Å². The summed E-state index contributed by atoms with van der Waals surface area (Å²) in [6.07, 6.45) is 1.96. The van der Waals surface area contributed by atoms with Crippen LogP contribution in [0.3, 0.4) is 0 Å². The van der Waals surface area contributed by atoms with E-state index in [0.29, 0.717) is 5.92 Å². The topological polar surface area (TPSA) is 32.3 Å². The standard InChI is InChI=1S/C15H20N2O/c1-17-9-7-15(8-10-17)13(11-16-14(15)18)12-5-3-2-4-6-12/h2-6,13H,7-11H2,1H3,(H,16,18). The van der Waals surface area contributed by atoms with E-state index in [1.165, 1.54) is 5.56 Å².